The number of sulfone groups is 1. The zero-order valence-electron chi connectivity index (χ0n) is 16.5. The molecule has 0 saturated heterocycles. The summed E-state index contributed by atoms with van der Waals surface area (Å²) in [7, 11) is -3.23. The summed E-state index contributed by atoms with van der Waals surface area (Å²) in [6.45, 7) is 3.85. The molecule has 0 fully saturated rings. The molecule has 0 radical (unpaired) electrons. The Labute approximate surface area is 170 Å². The van der Waals surface area contributed by atoms with Crippen LogP contribution in [0.5, 0.6) is 5.75 Å². The van der Waals surface area contributed by atoms with Crippen LogP contribution >= 0.6 is 0 Å². The highest BCUT2D eigenvalue weighted by molar-refractivity contribution is 7.89. The smallest absolute Gasteiger partial charge is 0.291 e. The molecule has 2 aromatic carbocycles. The first-order chi connectivity index (χ1) is 13.7. The van der Waals surface area contributed by atoms with Gasteiger partial charge >= 0.3 is 0 Å². The maximum absolute atomic E-state index is 12.4. The van der Waals surface area contributed by atoms with Crippen molar-refractivity contribution in [1.29, 1.82) is 0 Å². The second kappa shape index (κ2) is 8.53. The number of nitrogens with one attached hydrogen (secondary N) is 1. The van der Waals surface area contributed by atoms with Crippen molar-refractivity contribution in [3.05, 3.63) is 83.3 Å². The number of amides is 1. The summed E-state index contributed by atoms with van der Waals surface area (Å²) in [6, 6.07) is 18.3. The number of anilines is 1. The molecule has 1 atom stereocenters. The Hall–Kier alpha value is -3.06. The first kappa shape index (κ1) is 20.7. The lowest BCUT2D eigenvalue weighted by Crippen LogP contribution is -2.12. The molecular weight excluding hydrogens is 390 g/mol. The van der Waals surface area contributed by atoms with Gasteiger partial charge in [-0.1, -0.05) is 30.3 Å². The number of carbonyl (C=O) groups is 1. The molecule has 152 valence electrons. The van der Waals surface area contributed by atoms with E-state index in [1.165, 1.54) is 12.1 Å². The van der Waals surface area contributed by atoms with E-state index in [2.05, 4.69) is 5.32 Å². The molecule has 29 heavy (non-hydrogen) atoms. The van der Waals surface area contributed by atoms with Gasteiger partial charge in [-0.25, -0.2) is 8.42 Å². The largest absolute Gasteiger partial charge is 0.486 e. The fraction of sp³-hybridized carbons (Fsp3) is 0.227. The van der Waals surface area contributed by atoms with Crippen molar-refractivity contribution < 1.29 is 22.4 Å². The van der Waals surface area contributed by atoms with Gasteiger partial charge in [0.25, 0.3) is 5.91 Å². The Kier molecular flexibility index (Phi) is 6.08. The fourth-order valence-corrected chi connectivity index (χ4v) is 3.54. The summed E-state index contributed by atoms with van der Waals surface area (Å²) in [4.78, 5) is 12.4. The van der Waals surface area contributed by atoms with E-state index in [9.17, 15) is 13.2 Å². The van der Waals surface area contributed by atoms with E-state index < -0.39 is 15.7 Å². The molecule has 1 aromatic heterocycles. The van der Waals surface area contributed by atoms with Crippen LogP contribution in [0.1, 0.15) is 40.5 Å². The molecule has 3 rings (SSSR count). The van der Waals surface area contributed by atoms with Crippen LogP contribution in [0.25, 0.3) is 0 Å². The minimum absolute atomic E-state index is 0.0566. The van der Waals surface area contributed by atoms with Gasteiger partial charge in [-0.3, -0.25) is 4.79 Å². The summed E-state index contributed by atoms with van der Waals surface area (Å²) in [5.41, 5.74) is 2.53. The maximum Gasteiger partial charge on any atom is 0.291 e. The summed E-state index contributed by atoms with van der Waals surface area (Å²) in [6.07, 6.45) is 1.01. The molecule has 0 aliphatic carbocycles. The number of carbonyl (C=O) groups excluding carboxylic acids is 1. The van der Waals surface area contributed by atoms with Gasteiger partial charge in [0, 0.05) is 11.9 Å². The molecule has 3 aromatic rings. The van der Waals surface area contributed by atoms with Gasteiger partial charge < -0.3 is 14.5 Å². The molecule has 0 saturated carbocycles. The van der Waals surface area contributed by atoms with E-state index in [1.807, 2.05) is 50.2 Å². The van der Waals surface area contributed by atoms with Gasteiger partial charge in [0.1, 0.15) is 23.4 Å². The molecule has 1 unspecified atom stereocenters. The molecule has 1 N–H and O–H groups in total. The number of rotatable bonds is 7. The third kappa shape index (κ3) is 5.71. The van der Waals surface area contributed by atoms with Crippen molar-refractivity contribution >= 4 is 21.4 Å². The third-order valence-corrected chi connectivity index (χ3v) is 5.13. The highest BCUT2D eigenvalue weighted by Gasteiger charge is 2.15. The van der Waals surface area contributed by atoms with Crippen molar-refractivity contribution in [2.75, 3.05) is 11.6 Å². The fourth-order valence-electron chi connectivity index (χ4n) is 2.87. The van der Waals surface area contributed by atoms with Crippen LogP contribution in [-0.4, -0.2) is 20.6 Å². The van der Waals surface area contributed by atoms with Crippen LogP contribution < -0.4 is 10.1 Å². The number of benzene rings is 2. The Morgan fingerprint density at radius 3 is 2.48 bits per heavy atom. The van der Waals surface area contributed by atoms with E-state index in [4.69, 9.17) is 9.15 Å². The Morgan fingerprint density at radius 2 is 1.83 bits per heavy atom. The number of hydrogen-bond donors (Lipinski definition) is 1. The molecule has 0 aliphatic rings. The summed E-state index contributed by atoms with van der Waals surface area (Å²) in [5, 5.41) is 2.78. The first-order valence-corrected chi connectivity index (χ1v) is 11.2. The van der Waals surface area contributed by atoms with Crippen LogP contribution in [0.3, 0.4) is 0 Å². The molecule has 0 aliphatic heterocycles. The Balaban J connectivity index is 1.67. The normalized spacial score (nSPS) is 12.4. The van der Waals surface area contributed by atoms with Crippen molar-refractivity contribution in [1.82, 2.24) is 0 Å². The average Bonchev–Trinajstić information content (AvgIpc) is 3.11. The molecule has 7 heteroatoms. The quantitative estimate of drug-likeness (QED) is 0.615. The van der Waals surface area contributed by atoms with Gasteiger partial charge in [0.05, 0.1) is 0 Å². The van der Waals surface area contributed by atoms with E-state index in [0.717, 1.165) is 17.4 Å². The maximum atomic E-state index is 12.4. The van der Waals surface area contributed by atoms with E-state index in [0.29, 0.717) is 11.4 Å². The first-order valence-electron chi connectivity index (χ1n) is 9.11. The third-order valence-electron chi connectivity index (χ3n) is 4.32. The Morgan fingerprint density at radius 1 is 1.10 bits per heavy atom. The van der Waals surface area contributed by atoms with Gasteiger partial charge in [-0.05, 0) is 55.3 Å². The van der Waals surface area contributed by atoms with Crippen molar-refractivity contribution in [2.24, 2.45) is 0 Å². The lowest BCUT2D eigenvalue weighted by atomic mass is 10.1. The summed E-state index contributed by atoms with van der Waals surface area (Å²) < 4.78 is 34.0. The zero-order valence-corrected chi connectivity index (χ0v) is 17.3. The zero-order chi connectivity index (χ0) is 21.0. The summed E-state index contributed by atoms with van der Waals surface area (Å²) >= 11 is 0. The highest BCUT2D eigenvalue weighted by Crippen LogP contribution is 2.26. The van der Waals surface area contributed by atoms with Crippen molar-refractivity contribution in [3.8, 4) is 5.75 Å². The van der Waals surface area contributed by atoms with E-state index in [1.54, 1.807) is 12.1 Å². The molecule has 6 nitrogen and oxygen atoms in total. The second-order valence-electron chi connectivity index (χ2n) is 6.94. The van der Waals surface area contributed by atoms with Crippen molar-refractivity contribution in [2.45, 2.75) is 25.7 Å². The lowest BCUT2D eigenvalue weighted by molar-refractivity contribution is 0.0995. The molecule has 0 bridgehead atoms. The Bertz CT molecular complexity index is 1100. The molecule has 0 spiro atoms. The summed E-state index contributed by atoms with van der Waals surface area (Å²) in [5.74, 6) is 0.295. The molecule has 1 heterocycles. The second-order valence-corrected chi connectivity index (χ2v) is 9.08. The van der Waals surface area contributed by atoms with Crippen LogP contribution in [0.15, 0.2) is 65.1 Å². The number of ether oxygens (including phenoxy) is 1. The molecule has 1 amide bonds. The van der Waals surface area contributed by atoms with Gasteiger partial charge in [-0.2, -0.15) is 0 Å². The number of hydrogen-bond acceptors (Lipinski definition) is 5. The van der Waals surface area contributed by atoms with Crippen LogP contribution in [0.4, 0.5) is 5.69 Å². The number of furan rings is 1. The standard InChI is InChI=1S/C22H23NO5S/c1-15-13-18(27-16(2)17-7-5-4-6-8-17)9-11-20(15)23-22(24)21-12-10-19(28-21)14-29(3,25)26/h4-13,16H,14H2,1-3H3,(H,23,24). The predicted molar refractivity (Wildman–Crippen MR) is 112 cm³/mol. The SMILES string of the molecule is Cc1cc(OC(C)c2ccccc2)ccc1NC(=O)c1ccc(CS(C)(=O)=O)o1. The monoisotopic (exact) mass is 413 g/mol. The minimum Gasteiger partial charge on any atom is -0.486 e. The predicted octanol–water partition coefficient (Wildman–Crippen LogP) is 4.52. The van der Waals surface area contributed by atoms with Gasteiger partial charge in [-0.15, -0.1) is 0 Å². The van der Waals surface area contributed by atoms with Crippen molar-refractivity contribution in [3.63, 3.8) is 0 Å². The van der Waals surface area contributed by atoms with Crippen LogP contribution in [-0.2, 0) is 15.6 Å². The van der Waals surface area contributed by atoms with E-state index in [-0.39, 0.29) is 23.4 Å². The van der Waals surface area contributed by atoms with Gasteiger partial charge in [0.2, 0.25) is 0 Å². The van der Waals surface area contributed by atoms with Crippen LogP contribution in [0.2, 0.25) is 0 Å². The topological polar surface area (TPSA) is 85.6 Å². The molecular formula is C22H23NO5S. The highest BCUT2D eigenvalue weighted by atomic mass is 32.2. The van der Waals surface area contributed by atoms with Gasteiger partial charge in [0.15, 0.2) is 15.6 Å². The minimum atomic E-state index is -3.23. The van der Waals surface area contributed by atoms with E-state index >= 15 is 0 Å². The average molecular weight is 413 g/mol. The number of aryl methyl sites for hydroxylation is 1. The lowest BCUT2D eigenvalue weighted by Gasteiger charge is -2.16. The van der Waals surface area contributed by atoms with Crippen LogP contribution in [0, 0.1) is 6.92 Å².